The first kappa shape index (κ1) is 7.87. The molecule has 0 unspecified atom stereocenters. The van der Waals surface area contributed by atoms with Gasteiger partial charge in [0.15, 0.2) is 0 Å². The number of hydrogen-bond acceptors (Lipinski definition) is 1. The third-order valence-electron chi connectivity index (χ3n) is 3.10. The van der Waals surface area contributed by atoms with Crippen LogP contribution in [0, 0.1) is 0 Å². The van der Waals surface area contributed by atoms with Gasteiger partial charge in [-0.25, -0.2) is 0 Å². The maximum absolute atomic E-state index is 5.62. The molecule has 1 aromatic rings. The average molecular weight is 164 g/mol. The number of nitrogens with two attached hydrogens (primary N) is 1. The molecule has 2 rings (SSSR count). The molecule has 1 heterocycles. The van der Waals surface area contributed by atoms with Crippen LogP contribution in [0.15, 0.2) is 18.3 Å². The molecular formula is C10H16N2. The van der Waals surface area contributed by atoms with Gasteiger partial charge >= 0.3 is 0 Å². The highest BCUT2D eigenvalue weighted by Crippen LogP contribution is 2.45. The van der Waals surface area contributed by atoms with Gasteiger partial charge < -0.3 is 10.7 Å². The lowest BCUT2D eigenvalue weighted by Gasteiger charge is -2.41. The summed E-state index contributed by atoms with van der Waals surface area (Å²) in [6, 6.07) is 4.26. The van der Waals surface area contributed by atoms with E-state index in [1.54, 1.807) is 0 Å². The molecule has 0 radical (unpaired) electrons. The Hall–Kier alpha value is -0.760. The molecule has 2 nitrogen and oxygen atoms in total. The first-order valence-corrected chi connectivity index (χ1v) is 4.71. The largest absolute Gasteiger partial charge is 0.365 e. The zero-order valence-electron chi connectivity index (χ0n) is 7.34. The molecule has 1 fully saturated rings. The summed E-state index contributed by atoms with van der Waals surface area (Å²) in [6.45, 7) is 0.805. The molecular weight excluding hydrogens is 148 g/mol. The predicted molar refractivity (Wildman–Crippen MR) is 50.0 cm³/mol. The predicted octanol–water partition coefficient (Wildman–Crippen LogP) is 1.79. The second-order valence-electron chi connectivity index (χ2n) is 3.76. The van der Waals surface area contributed by atoms with Gasteiger partial charge in [0, 0.05) is 17.3 Å². The summed E-state index contributed by atoms with van der Waals surface area (Å²) < 4.78 is 0. The van der Waals surface area contributed by atoms with Crippen LogP contribution in [-0.2, 0) is 5.41 Å². The van der Waals surface area contributed by atoms with Crippen LogP contribution in [0.2, 0.25) is 0 Å². The van der Waals surface area contributed by atoms with Gasteiger partial charge in [-0.2, -0.15) is 0 Å². The minimum atomic E-state index is 0.415. The zero-order valence-corrected chi connectivity index (χ0v) is 7.34. The van der Waals surface area contributed by atoms with Gasteiger partial charge in [-0.15, -0.1) is 0 Å². The van der Waals surface area contributed by atoms with Crippen molar-refractivity contribution in [1.29, 1.82) is 0 Å². The Morgan fingerprint density at radius 3 is 2.75 bits per heavy atom. The Morgan fingerprint density at radius 2 is 2.33 bits per heavy atom. The topological polar surface area (TPSA) is 41.8 Å². The molecule has 12 heavy (non-hydrogen) atoms. The number of rotatable bonds is 3. The van der Waals surface area contributed by atoms with Crippen molar-refractivity contribution in [1.82, 2.24) is 4.98 Å². The van der Waals surface area contributed by atoms with E-state index in [0.29, 0.717) is 5.41 Å². The fourth-order valence-corrected chi connectivity index (χ4v) is 2.19. The smallest absolute Gasteiger partial charge is 0.0210 e. The average Bonchev–Trinajstić information content (AvgIpc) is 2.48. The quantitative estimate of drug-likeness (QED) is 0.702. The molecule has 0 atom stereocenters. The van der Waals surface area contributed by atoms with Crippen LogP contribution in [0.4, 0.5) is 0 Å². The summed E-state index contributed by atoms with van der Waals surface area (Å²) in [5, 5.41) is 0. The first-order valence-electron chi connectivity index (χ1n) is 4.71. The second kappa shape index (κ2) is 2.94. The van der Waals surface area contributed by atoms with Crippen molar-refractivity contribution in [3.63, 3.8) is 0 Å². The highest BCUT2D eigenvalue weighted by molar-refractivity contribution is 5.20. The summed E-state index contributed by atoms with van der Waals surface area (Å²) in [6.07, 6.45) is 7.12. The van der Waals surface area contributed by atoms with Crippen LogP contribution in [0.1, 0.15) is 31.4 Å². The van der Waals surface area contributed by atoms with Crippen LogP contribution in [0.3, 0.4) is 0 Å². The molecule has 3 N–H and O–H groups in total. The summed E-state index contributed by atoms with van der Waals surface area (Å²) in [5.74, 6) is 0. The number of aromatic nitrogens is 1. The fraction of sp³-hybridized carbons (Fsp3) is 0.600. The van der Waals surface area contributed by atoms with E-state index in [-0.39, 0.29) is 0 Å². The lowest BCUT2D eigenvalue weighted by Crippen LogP contribution is -2.36. The summed E-state index contributed by atoms with van der Waals surface area (Å²) >= 11 is 0. The lowest BCUT2D eigenvalue weighted by molar-refractivity contribution is 0.223. The maximum Gasteiger partial charge on any atom is 0.0210 e. The van der Waals surface area contributed by atoms with Crippen molar-refractivity contribution in [3.05, 3.63) is 24.0 Å². The normalized spacial score (nSPS) is 20.4. The van der Waals surface area contributed by atoms with E-state index in [1.165, 1.54) is 25.0 Å². The zero-order chi connectivity index (χ0) is 8.44. The van der Waals surface area contributed by atoms with Gasteiger partial charge in [0.25, 0.3) is 0 Å². The fourth-order valence-electron chi connectivity index (χ4n) is 2.19. The van der Waals surface area contributed by atoms with Crippen LogP contribution in [-0.4, -0.2) is 11.5 Å². The molecule has 0 bridgehead atoms. The van der Waals surface area contributed by atoms with E-state index in [1.807, 2.05) is 6.20 Å². The van der Waals surface area contributed by atoms with Gasteiger partial charge in [0.1, 0.15) is 0 Å². The van der Waals surface area contributed by atoms with Crippen LogP contribution >= 0.6 is 0 Å². The molecule has 0 aliphatic heterocycles. The van der Waals surface area contributed by atoms with E-state index in [4.69, 9.17) is 5.73 Å². The van der Waals surface area contributed by atoms with Gasteiger partial charge in [-0.1, -0.05) is 6.42 Å². The third kappa shape index (κ3) is 1.07. The summed E-state index contributed by atoms with van der Waals surface area (Å²) in [5.41, 5.74) is 7.42. The summed E-state index contributed by atoms with van der Waals surface area (Å²) in [7, 11) is 0. The first-order chi connectivity index (χ1) is 5.87. The lowest BCUT2D eigenvalue weighted by atomic mass is 9.64. The number of nitrogens with one attached hydrogen (secondary N) is 1. The van der Waals surface area contributed by atoms with Gasteiger partial charge in [-0.05, 0) is 37.9 Å². The van der Waals surface area contributed by atoms with E-state index < -0.39 is 0 Å². The van der Waals surface area contributed by atoms with Crippen molar-refractivity contribution in [3.8, 4) is 0 Å². The van der Waals surface area contributed by atoms with E-state index in [0.717, 1.165) is 13.0 Å². The van der Waals surface area contributed by atoms with Crippen LogP contribution < -0.4 is 5.73 Å². The Morgan fingerprint density at radius 1 is 1.50 bits per heavy atom. The summed E-state index contributed by atoms with van der Waals surface area (Å²) in [4.78, 5) is 3.31. The van der Waals surface area contributed by atoms with Crippen LogP contribution in [0.25, 0.3) is 0 Å². The van der Waals surface area contributed by atoms with E-state index >= 15 is 0 Å². The minimum Gasteiger partial charge on any atom is -0.365 e. The van der Waals surface area contributed by atoms with Crippen molar-refractivity contribution in [2.24, 2.45) is 5.73 Å². The molecule has 1 aliphatic rings. The number of hydrogen-bond donors (Lipinski definition) is 2. The highest BCUT2D eigenvalue weighted by atomic mass is 14.7. The molecule has 0 spiro atoms. The third-order valence-corrected chi connectivity index (χ3v) is 3.10. The monoisotopic (exact) mass is 164 g/mol. The van der Waals surface area contributed by atoms with Crippen molar-refractivity contribution >= 4 is 0 Å². The van der Waals surface area contributed by atoms with Crippen LogP contribution in [0.5, 0.6) is 0 Å². The standard InChI is InChI=1S/C10H16N2/c11-7-6-10(4-2-5-10)9-3-1-8-12-9/h1,3,8,12H,2,4-7,11H2. The Balaban J connectivity index is 2.17. The number of H-pyrrole nitrogens is 1. The van der Waals surface area contributed by atoms with E-state index in [9.17, 15) is 0 Å². The molecule has 0 amide bonds. The van der Waals surface area contributed by atoms with Crippen molar-refractivity contribution < 1.29 is 0 Å². The molecule has 1 saturated carbocycles. The Kier molecular flexibility index (Phi) is 1.93. The number of aromatic amines is 1. The van der Waals surface area contributed by atoms with Gasteiger partial charge in [0.05, 0.1) is 0 Å². The molecule has 2 heteroatoms. The molecule has 0 saturated heterocycles. The van der Waals surface area contributed by atoms with Gasteiger partial charge in [0.2, 0.25) is 0 Å². The Labute approximate surface area is 73.2 Å². The SMILES string of the molecule is NCCC1(c2ccc[nH]2)CCC1. The molecule has 1 aliphatic carbocycles. The highest BCUT2D eigenvalue weighted by Gasteiger charge is 2.38. The molecule has 66 valence electrons. The molecule has 0 aromatic carbocycles. The van der Waals surface area contributed by atoms with Crippen molar-refractivity contribution in [2.75, 3.05) is 6.54 Å². The second-order valence-corrected chi connectivity index (χ2v) is 3.76. The molecule has 1 aromatic heterocycles. The minimum absolute atomic E-state index is 0.415. The maximum atomic E-state index is 5.62. The van der Waals surface area contributed by atoms with Gasteiger partial charge in [-0.3, -0.25) is 0 Å². The van der Waals surface area contributed by atoms with E-state index in [2.05, 4.69) is 17.1 Å². The Bertz CT molecular complexity index is 234. The van der Waals surface area contributed by atoms with Crippen molar-refractivity contribution in [2.45, 2.75) is 31.1 Å².